The first-order chi connectivity index (χ1) is 7.86. The van der Waals surface area contributed by atoms with Crippen LogP contribution in [0, 0.1) is 0 Å². The Balaban J connectivity index is 2.36. The first kappa shape index (κ1) is 11.0. The Bertz CT molecular complexity index is 462. The third-order valence-electron chi connectivity index (χ3n) is 2.47. The summed E-state index contributed by atoms with van der Waals surface area (Å²) < 4.78 is 11.2. The summed E-state index contributed by atoms with van der Waals surface area (Å²) in [6.07, 6.45) is 2.79. The molecule has 0 saturated carbocycles. The van der Waals surface area contributed by atoms with Gasteiger partial charge in [0.2, 0.25) is 0 Å². The minimum atomic E-state index is 0.723. The maximum absolute atomic E-state index is 5.65. The molecule has 0 fully saturated rings. The second-order valence-electron chi connectivity index (χ2n) is 3.77. The number of hydrogen-bond acceptors (Lipinski definition) is 3. The van der Waals surface area contributed by atoms with Crippen molar-refractivity contribution in [1.29, 1.82) is 0 Å². The summed E-state index contributed by atoms with van der Waals surface area (Å²) in [7, 11) is 1.93. The van der Waals surface area contributed by atoms with E-state index in [1.165, 1.54) is 5.56 Å². The molecule has 2 aromatic rings. The van der Waals surface area contributed by atoms with E-state index in [-0.39, 0.29) is 0 Å². The molecule has 3 nitrogen and oxygen atoms in total. The van der Waals surface area contributed by atoms with Gasteiger partial charge < -0.3 is 14.5 Å². The average molecular weight is 219 g/mol. The van der Waals surface area contributed by atoms with E-state index in [4.69, 9.17) is 9.15 Å². The molecule has 2 rings (SSSR count). The first-order valence-corrected chi connectivity index (χ1v) is 5.63. The van der Waals surface area contributed by atoms with Crippen LogP contribution in [-0.4, -0.2) is 13.7 Å². The van der Waals surface area contributed by atoms with Gasteiger partial charge in [0.05, 0.1) is 12.9 Å². The van der Waals surface area contributed by atoms with Gasteiger partial charge in [-0.3, -0.25) is 0 Å². The van der Waals surface area contributed by atoms with Crippen LogP contribution in [0.2, 0.25) is 0 Å². The van der Waals surface area contributed by atoms with Crippen LogP contribution in [0.15, 0.2) is 28.9 Å². The van der Waals surface area contributed by atoms with Gasteiger partial charge in [-0.25, -0.2) is 0 Å². The molecule has 0 bridgehead atoms. The lowest BCUT2D eigenvalue weighted by Gasteiger charge is -2.04. The van der Waals surface area contributed by atoms with Crippen LogP contribution in [-0.2, 0) is 6.54 Å². The van der Waals surface area contributed by atoms with Crippen molar-refractivity contribution in [3.63, 3.8) is 0 Å². The molecule has 1 aromatic heterocycles. The van der Waals surface area contributed by atoms with E-state index in [9.17, 15) is 0 Å². The normalized spacial score (nSPS) is 10.9. The van der Waals surface area contributed by atoms with E-state index in [0.717, 1.165) is 36.3 Å². The Labute approximate surface area is 95.4 Å². The van der Waals surface area contributed by atoms with Crippen molar-refractivity contribution in [3.05, 3.63) is 30.0 Å². The zero-order chi connectivity index (χ0) is 11.4. The van der Waals surface area contributed by atoms with Crippen molar-refractivity contribution in [2.24, 2.45) is 0 Å². The molecule has 0 amide bonds. The second kappa shape index (κ2) is 5.03. The summed E-state index contributed by atoms with van der Waals surface area (Å²) >= 11 is 0. The van der Waals surface area contributed by atoms with Gasteiger partial charge >= 0.3 is 0 Å². The number of hydrogen-bond donors (Lipinski definition) is 1. The third-order valence-corrected chi connectivity index (χ3v) is 2.47. The highest BCUT2D eigenvalue weighted by molar-refractivity contribution is 5.86. The van der Waals surface area contributed by atoms with Crippen LogP contribution in [0.25, 0.3) is 11.0 Å². The Morgan fingerprint density at radius 2 is 2.25 bits per heavy atom. The van der Waals surface area contributed by atoms with E-state index < -0.39 is 0 Å². The minimum absolute atomic E-state index is 0.723. The maximum atomic E-state index is 5.65. The van der Waals surface area contributed by atoms with Crippen molar-refractivity contribution in [3.8, 4) is 5.75 Å². The lowest BCUT2D eigenvalue weighted by atomic mass is 10.1. The molecule has 0 spiro atoms. The van der Waals surface area contributed by atoms with Gasteiger partial charge in [0.15, 0.2) is 11.3 Å². The minimum Gasteiger partial charge on any atom is -0.490 e. The Morgan fingerprint density at radius 3 is 3.00 bits per heavy atom. The second-order valence-corrected chi connectivity index (χ2v) is 3.77. The summed E-state index contributed by atoms with van der Waals surface area (Å²) in [4.78, 5) is 0. The molecule has 3 heteroatoms. The van der Waals surface area contributed by atoms with Gasteiger partial charge in [-0.05, 0) is 19.5 Å². The zero-order valence-electron chi connectivity index (χ0n) is 9.75. The smallest absolute Gasteiger partial charge is 0.176 e. The maximum Gasteiger partial charge on any atom is 0.176 e. The lowest BCUT2D eigenvalue weighted by Crippen LogP contribution is -2.03. The van der Waals surface area contributed by atoms with Crippen molar-refractivity contribution < 1.29 is 9.15 Å². The third kappa shape index (κ3) is 2.04. The zero-order valence-corrected chi connectivity index (χ0v) is 9.75. The van der Waals surface area contributed by atoms with Crippen LogP contribution in [0.1, 0.15) is 18.9 Å². The van der Waals surface area contributed by atoms with Gasteiger partial charge in [0, 0.05) is 17.5 Å². The molecular formula is C13H17NO2. The molecule has 0 saturated heterocycles. The van der Waals surface area contributed by atoms with Crippen LogP contribution in [0.3, 0.4) is 0 Å². The fourth-order valence-electron chi connectivity index (χ4n) is 1.74. The molecule has 0 aliphatic carbocycles. The number of benzene rings is 1. The van der Waals surface area contributed by atoms with Crippen molar-refractivity contribution in [1.82, 2.24) is 5.32 Å². The van der Waals surface area contributed by atoms with E-state index >= 15 is 0 Å². The molecule has 0 aliphatic heterocycles. The number of nitrogens with one attached hydrogen (secondary N) is 1. The number of fused-ring (bicyclic) bond motifs is 1. The summed E-state index contributed by atoms with van der Waals surface area (Å²) in [6, 6.07) is 6.01. The predicted octanol–water partition coefficient (Wildman–Crippen LogP) is 2.94. The van der Waals surface area contributed by atoms with Gasteiger partial charge in [-0.1, -0.05) is 19.1 Å². The van der Waals surface area contributed by atoms with Crippen molar-refractivity contribution in [2.45, 2.75) is 19.9 Å². The largest absolute Gasteiger partial charge is 0.490 e. The summed E-state index contributed by atoms with van der Waals surface area (Å²) in [5.74, 6) is 0.835. The number of ether oxygens (including phenoxy) is 1. The SMILES string of the molecule is CCCOc1cccc2c(CNC)coc12. The van der Waals surface area contributed by atoms with Gasteiger partial charge in [-0.15, -0.1) is 0 Å². The first-order valence-electron chi connectivity index (χ1n) is 5.63. The molecule has 1 heterocycles. The molecule has 0 radical (unpaired) electrons. The molecule has 16 heavy (non-hydrogen) atoms. The standard InChI is InChI=1S/C13H17NO2/c1-3-7-15-12-6-4-5-11-10(8-14-2)9-16-13(11)12/h4-6,9,14H,3,7-8H2,1-2H3. The van der Waals surface area contributed by atoms with Crippen LogP contribution < -0.4 is 10.1 Å². The summed E-state index contributed by atoms with van der Waals surface area (Å²) in [5, 5.41) is 4.25. The predicted molar refractivity (Wildman–Crippen MR) is 64.8 cm³/mol. The fourth-order valence-corrected chi connectivity index (χ4v) is 1.74. The van der Waals surface area contributed by atoms with Gasteiger partial charge in [-0.2, -0.15) is 0 Å². The molecule has 0 aliphatic rings. The molecular weight excluding hydrogens is 202 g/mol. The van der Waals surface area contributed by atoms with Crippen LogP contribution in [0.5, 0.6) is 5.75 Å². The molecule has 0 atom stereocenters. The topological polar surface area (TPSA) is 34.4 Å². The average Bonchev–Trinajstić information content (AvgIpc) is 2.71. The van der Waals surface area contributed by atoms with E-state index in [1.807, 2.05) is 19.2 Å². The molecule has 86 valence electrons. The molecule has 0 unspecified atom stereocenters. The highest BCUT2D eigenvalue weighted by atomic mass is 16.5. The fraction of sp³-hybridized carbons (Fsp3) is 0.385. The molecule has 1 N–H and O–H groups in total. The lowest BCUT2D eigenvalue weighted by molar-refractivity contribution is 0.316. The van der Waals surface area contributed by atoms with Crippen LogP contribution >= 0.6 is 0 Å². The Morgan fingerprint density at radius 1 is 1.38 bits per heavy atom. The summed E-state index contributed by atoms with van der Waals surface area (Å²) in [5.41, 5.74) is 2.01. The summed E-state index contributed by atoms with van der Waals surface area (Å²) in [6.45, 7) is 3.63. The molecule has 1 aromatic carbocycles. The monoisotopic (exact) mass is 219 g/mol. The quantitative estimate of drug-likeness (QED) is 0.839. The van der Waals surface area contributed by atoms with Gasteiger partial charge in [0.1, 0.15) is 0 Å². The number of para-hydroxylation sites is 1. The Hall–Kier alpha value is -1.48. The number of furan rings is 1. The highest BCUT2D eigenvalue weighted by Gasteiger charge is 2.09. The van der Waals surface area contributed by atoms with Crippen LogP contribution in [0.4, 0.5) is 0 Å². The van der Waals surface area contributed by atoms with Crippen molar-refractivity contribution >= 4 is 11.0 Å². The highest BCUT2D eigenvalue weighted by Crippen LogP contribution is 2.29. The van der Waals surface area contributed by atoms with Crippen molar-refractivity contribution in [2.75, 3.05) is 13.7 Å². The van der Waals surface area contributed by atoms with E-state index in [2.05, 4.69) is 18.3 Å². The number of rotatable bonds is 5. The van der Waals surface area contributed by atoms with E-state index in [0.29, 0.717) is 0 Å². The van der Waals surface area contributed by atoms with E-state index in [1.54, 1.807) is 6.26 Å². The Kier molecular flexibility index (Phi) is 3.47. The van der Waals surface area contributed by atoms with Gasteiger partial charge in [0.25, 0.3) is 0 Å².